The highest BCUT2D eigenvalue weighted by Gasteiger charge is 2.20. The van der Waals surface area contributed by atoms with E-state index in [2.05, 4.69) is 9.71 Å². The Morgan fingerprint density at radius 3 is 2.71 bits per heavy atom. The maximum atomic E-state index is 12.5. The van der Waals surface area contributed by atoms with Crippen molar-refractivity contribution in [2.75, 3.05) is 14.2 Å². The topological polar surface area (TPSA) is 90.7 Å². The van der Waals surface area contributed by atoms with Gasteiger partial charge in [0, 0.05) is 12.6 Å². The van der Waals surface area contributed by atoms with Crippen molar-refractivity contribution in [3.63, 3.8) is 0 Å². The predicted molar refractivity (Wildman–Crippen MR) is 87.6 cm³/mol. The number of benzene rings is 2. The fourth-order valence-corrected chi connectivity index (χ4v) is 3.43. The van der Waals surface area contributed by atoms with Crippen LogP contribution in [0, 0.1) is 0 Å². The molecule has 1 aromatic heterocycles. The van der Waals surface area contributed by atoms with Crippen molar-refractivity contribution >= 4 is 21.1 Å². The van der Waals surface area contributed by atoms with E-state index in [1.807, 2.05) is 0 Å². The van der Waals surface area contributed by atoms with Gasteiger partial charge in [-0.25, -0.2) is 18.1 Å². The van der Waals surface area contributed by atoms with Gasteiger partial charge in [-0.05, 0) is 29.8 Å². The van der Waals surface area contributed by atoms with Gasteiger partial charge < -0.3 is 13.9 Å². The average Bonchev–Trinajstić information content (AvgIpc) is 3.07. The zero-order valence-corrected chi connectivity index (χ0v) is 14.0. The molecule has 0 aliphatic rings. The summed E-state index contributed by atoms with van der Waals surface area (Å²) in [6, 6.07) is 9.84. The van der Waals surface area contributed by atoms with Gasteiger partial charge in [0.05, 0.1) is 14.2 Å². The van der Waals surface area contributed by atoms with Crippen molar-refractivity contribution in [1.29, 1.82) is 0 Å². The summed E-state index contributed by atoms with van der Waals surface area (Å²) in [7, 11) is -0.834. The summed E-state index contributed by atoms with van der Waals surface area (Å²) in [4.78, 5) is 4.07. The quantitative estimate of drug-likeness (QED) is 0.735. The second-order valence-electron chi connectivity index (χ2n) is 5.00. The molecule has 2 aromatic carbocycles. The summed E-state index contributed by atoms with van der Waals surface area (Å²) in [6.45, 7) is 0.119. The summed E-state index contributed by atoms with van der Waals surface area (Å²) in [6.07, 6.45) is 1.35. The van der Waals surface area contributed by atoms with Gasteiger partial charge >= 0.3 is 0 Å². The molecule has 0 unspecified atom stereocenters. The minimum atomic E-state index is -3.74. The van der Waals surface area contributed by atoms with Gasteiger partial charge in [0.25, 0.3) is 0 Å². The monoisotopic (exact) mass is 348 g/mol. The Bertz CT molecular complexity index is 966. The Balaban J connectivity index is 1.83. The van der Waals surface area contributed by atoms with Crippen LogP contribution >= 0.6 is 0 Å². The lowest BCUT2D eigenvalue weighted by molar-refractivity contribution is 0.386. The smallest absolute Gasteiger partial charge is 0.244 e. The minimum Gasteiger partial charge on any atom is -0.497 e. The van der Waals surface area contributed by atoms with Gasteiger partial charge in [-0.1, -0.05) is 6.07 Å². The molecule has 0 saturated heterocycles. The maximum absolute atomic E-state index is 12.5. The molecular weight excluding hydrogens is 332 g/mol. The maximum Gasteiger partial charge on any atom is 0.244 e. The van der Waals surface area contributed by atoms with Crippen molar-refractivity contribution < 1.29 is 22.3 Å². The number of hydrogen-bond acceptors (Lipinski definition) is 6. The first-order valence-corrected chi connectivity index (χ1v) is 8.55. The van der Waals surface area contributed by atoms with Gasteiger partial charge in [-0.15, -0.1) is 0 Å². The summed E-state index contributed by atoms with van der Waals surface area (Å²) in [5.41, 5.74) is 2.09. The normalized spacial score (nSPS) is 11.6. The highest BCUT2D eigenvalue weighted by Crippen LogP contribution is 2.28. The second kappa shape index (κ2) is 6.50. The molecule has 1 heterocycles. The summed E-state index contributed by atoms with van der Waals surface area (Å²) in [5.74, 6) is 0.731. The Kier molecular flexibility index (Phi) is 4.41. The van der Waals surface area contributed by atoms with E-state index in [-0.39, 0.29) is 17.2 Å². The molecule has 24 heavy (non-hydrogen) atoms. The first kappa shape index (κ1) is 16.3. The Morgan fingerprint density at radius 2 is 1.96 bits per heavy atom. The number of hydrogen-bond donors (Lipinski definition) is 1. The van der Waals surface area contributed by atoms with E-state index in [9.17, 15) is 8.42 Å². The third kappa shape index (κ3) is 3.19. The molecule has 0 fully saturated rings. The molecule has 8 heteroatoms. The lowest BCUT2D eigenvalue weighted by Crippen LogP contribution is -2.23. The molecule has 0 aliphatic carbocycles. The van der Waals surface area contributed by atoms with Crippen LogP contribution in [0.1, 0.15) is 5.56 Å². The molecule has 3 aromatic rings. The molecule has 0 aliphatic heterocycles. The first-order valence-electron chi connectivity index (χ1n) is 7.07. The average molecular weight is 348 g/mol. The van der Waals surface area contributed by atoms with E-state index >= 15 is 0 Å². The molecule has 0 spiro atoms. The van der Waals surface area contributed by atoms with Crippen LogP contribution in [0.5, 0.6) is 11.5 Å². The van der Waals surface area contributed by atoms with Crippen LogP contribution in [0.2, 0.25) is 0 Å². The third-order valence-corrected chi connectivity index (χ3v) is 4.96. The van der Waals surface area contributed by atoms with Gasteiger partial charge in [-0.3, -0.25) is 0 Å². The summed E-state index contributed by atoms with van der Waals surface area (Å²) in [5, 5.41) is 0. The molecule has 1 N–H and O–H groups in total. The van der Waals surface area contributed by atoms with Crippen molar-refractivity contribution in [2.24, 2.45) is 0 Å². The van der Waals surface area contributed by atoms with Crippen LogP contribution in [0.3, 0.4) is 0 Å². The molecule has 7 nitrogen and oxygen atoms in total. The zero-order chi connectivity index (χ0) is 17.2. The molecular formula is C16H16N2O5S. The van der Waals surface area contributed by atoms with Crippen molar-refractivity contribution in [2.45, 2.75) is 11.4 Å². The molecule has 3 rings (SSSR count). The standard InChI is InChI=1S/C16H16N2O5S/c1-21-12-4-6-16(15(8-12)22-2)24(19,20)18-9-11-3-5-13-14(7-11)23-10-17-13/h3-8,10,18H,9H2,1-2H3. The summed E-state index contributed by atoms with van der Waals surface area (Å²) < 4.78 is 43.1. The van der Waals surface area contributed by atoms with Gasteiger partial charge in [-0.2, -0.15) is 0 Å². The minimum absolute atomic E-state index is 0.0477. The molecule has 0 bridgehead atoms. The highest BCUT2D eigenvalue weighted by atomic mass is 32.2. The third-order valence-electron chi connectivity index (χ3n) is 3.52. The summed E-state index contributed by atoms with van der Waals surface area (Å²) >= 11 is 0. The van der Waals surface area contributed by atoms with E-state index < -0.39 is 10.0 Å². The van der Waals surface area contributed by atoms with Crippen LogP contribution in [0.4, 0.5) is 0 Å². The number of oxazole rings is 1. The molecule has 0 saturated carbocycles. The van der Waals surface area contributed by atoms with E-state index in [1.54, 1.807) is 24.3 Å². The molecule has 126 valence electrons. The number of methoxy groups -OCH3 is 2. The van der Waals surface area contributed by atoms with E-state index in [4.69, 9.17) is 13.9 Å². The van der Waals surface area contributed by atoms with Gasteiger partial charge in [0.15, 0.2) is 12.0 Å². The largest absolute Gasteiger partial charge is 0.497 e. The number of rotatable bonds is 6. The van der Waals surface area contributed by atoms with Crippen molar-refractivity contribution in [3.8, 4) is 11.5 Å². The Labute approximate surface area is 139 Å². The fraction of sp³-hybridized carbons (Fsp3) is 0.188. The van der Waals surface area contributed by atoms with Crippen LogP contribution in [0.15, 0.2) is 52.1 Å². The number of sulfonamides is 1. The number of nitrogens with one attached hydrogen (secondary N) is 1. The number of ether oxygens (including phenoxy) is 2. The van der Waals surface area contributed by atoms with Crippen molar-refractivity contribution in [3.05, 3.63) is 48.4 Å². The van der Waals surface area contributed by atoms with Gasteiger partial charge in [0.1, 0.15) is 21.9 Å². The molecule has 0 radical (unpaired) electrons. The fourth-order valence-electron chi connectivity index (χ4n) is 2.26. The van der Waals surface area contributed by atoms with Crippen LogP contribution in [0.25, 0.3) is 11.1 Å². The SMILES string of the molecule is COc1ccc(S(=O)(=O)NCc2ccc3ncoc3c2)c(OC)c1. The van der Waals surface area contributed by atoms with Crippen LogP contribution in [-0.4, -0.2) is 27.6 Å². The Morgan fingerprint density at radius 1 is 1.12 bits per heavy atom. The number of nitrogens with zero attached hydrogens (tertiary/aromatic N) is 1. The van der Waals surface area contributed by atoms with Gasteiger partial charge in [0.2, 0.25) is 10.0 Å². The predicted octanol–water partition coefficient (Wildman–Crippen LogP) is 2.32. The zero-order valence-electron chi connectivity index (χ0n) is 13.1. The Hall–Kier alpha value is -2.58. The molecule has 0 atom stereocenters. The lowest BCUT2D eigenvalue weighted by atomic mass is 10.2. The van der Waals surface area contributed by atoms with Crippen molar-refractivity contribution in [1.82, 2.24) is 9.71 Å². The lowest BCUT2D eigenvalue weighted by Gasteiger charge is -2.12. The van der Waals surface area contributed by atoms with Crippen LogP contribution in [-0.2, 0) is 16.6 Å². The second-order valence-corrected chi connectivity index (χ2v) is 6.73. The number of fused-ring (bicyclic) bond motifs is 1. The highest BCUT2D eigenvalue weighted by molar-refractivity contribution is 7.89. The first-order chi connectivity index (χ1) is 11.5. The van der Waals surface area contributed by atoms with Crippen LogP contribution < -0.4 is 14.2 Å². The molecule has 0 amide bonds. The van der Waals surface area contributed by atoms with E-state index in [0.717, 1.165) is 11.1 Å². The van der Waals surface area contributed by atoms with E-state index in [1.165, 1.54) is 32.7 Å². The van der Waals surface area contributed by atoms with E-state index in [0.29, 0.717) is 11.3 Å². The number of aromatic nitrogens is 1.